The molecule has 0 aliphatic rings. The summed E-state index contributed by atoms with van der Waals surface area (Å²) in [6.45, 7) is 5.31. The highest BCUT2D eigenvalue weighted by Gasteiger charge is 2.37. The standard InChI is InChI=1S/C20H28O2Si/c1-3-18(17-21)15-16-22-23(4-2,19-11-7-5-8-12-19)20-13-9-6-10-14-20/h5-14,18,21H,3-4,15-17H2,1-2H3/t18-/m0/s1. The average Bonchev–Trinajstić information content (AvgIpc) is 2.64. The van der Waals surface area contributed by atoms with Crippen molar-refractivity contribution in [1.29, 1.82) is 0 Å². The van der Waals surface area contributed by atoms with Gasteiger partial charge in [-0.1, -0.05) is 80.9 Å². The van der Waals surface area contributed by atoms with Crippen LogP contribution in [0.4, 0.5) is 0 Å². The second kappa shape index (κ2) is 9.01. The molecule has 0 amide bonds. The predicted molar refractivity (Wildman–Crippen MR) is 99.8 cm³/mol. The van der Waals surface area contributed by atoms with Gasteiger partial charge in [-0.25, -0.2) is 0 Å². The Labute approximate surface area is 141 Å². The van der Waals surface area contributed by atoms with Crippen molar-refractivity contribution in [3.8, 4) is 0 Å². The van der Waals surface area contributed by atoms with Crippen molar-refractivity contribution in [2.24, 2.45) is 5.92 Å². The molecule has 2 nitrogen and oxygen atoms in total. The van der Waals surface area contributed by atoms with Gasteiger partial charge in [0, 0.05) is 13.2 Å². The Bertz CT molecular complexity index is 513. The van der Waals surface area contributed by atoms with Crippen molar-refractivity contribution in [3.05, 3.63) is 60.7 Å². The monoisotopic (exact) mass is 328 g/mol. The van der Waals surface area contributed by atoms with E-state index in [0.717, 1.165) is 18.9 Å². The molecular weight excluding hydrogens is 300 g/mol. The summed E-state index contributed by atoms with van der Waals surface area (Å²) in [4.78, 5) is 0. The Morgan fingerprint density at radius 2 is 1.43 bits per heavy atom. The lowest BCUT2D eigenvalue weighted by Crippen LogP contribution is -2.60. The summed E-state index contributed by atoms with van der Waals surface area (Å²) in [7, 11) is -2.20. The lowest BCUT2D eigenvalue weighted by atomic mass is 10.1. The smallest absolute Gasteiger partial charge is 0.255 e. The van der Waals surface area contributed by atoms with Crippen molar-refractivity contribution in [2.45, 2.75) is 32.7 Å². The topological polar surface area (TPSA) is 29.5 Å². The third-order valence-corrected chi connectivity index (χ3v) is 8.91. The molecule has 0 bridgehead atoms. The molecule has 0 unspecified atom stereocenters. The minimum absolute atomic E-state index is 0.247. The van der Waals surface area contributed by atoms with Crippen LogP contribution in [0.25, 0.3) is 0 Å². The van der Waals surface area contributed by atoms with Crippen molar-refractivity contribution in [3.63, 3.8) is 0 Å². The van der Waals surface area contributed by atoms with E-state index in [1.54, 1.807) is 0 Å². The van der Waals surface area contributed by atoms with E-state index in [4.69, 9.17) is 4.43 Å². The summed E-state index contributed by atoms with van der Waals surface area (Å²) in [6.07, 6.45) is 1.92. The molecule has 0 saturated carbocycles. The second-order valence-electron chi connectivity index (χ2n) is 6.01. The van der Waals surface area contributed by atoms with Gasteiger partial charge < -0.3 is 9.53 Å². The fourth-order valence-electron chi connectivity index (χ4n) is 3.08. The molecule has 1 atom stereocenters. The molecule has 0 spiro atoms. The van der Waals surface area contributed by atoms with E-state index in [-0.39, 0.29) is 6.61 Å². The van der Waals surface area contributed by atoms with Crippen molar-refractivity contribution in [2.75, 3.05) is 13.2 Å². The largest absolute Gasteiger partial charge is 0.408 e. The number of rotatable bonds is 9. The van der Waals surface area contributed by atoms with Gasteiger partial charge in [-0.15, -0.1) is 0 Å². The van der Waals surface area contributed by atoms with E-state index in [1.807, 2.05) is 0 Å². The zero-order chi connectivity index (χ0) is 16.5. The molecule has 0 aromatic heterocycles. The minimum Gasteiger partial charge on any atom is -0.408 e. The molecule has 0 aliphatic heterocycles. The lowest BCUT2D eigenvalue weighted by molar-refractivity contribution is 0.187. The first kappa shape index (κ1) is 17.9. The maximum atomic E-state index is 9.40. The summed E-state index contributed by atoms with van der Waals surface area (Å²) in [5, 5.41) is 12.1. The number of aliphatic hydroxyl groups is 1. The number of hydrogen-bond donors (Lipinski definition) is 1. The highest BCUT2D eigenvalue weighted by atomic mass is 28.4. The van der Waals surface area contributed by atoms with Gasteiger partial charge in [-0.3, -0.25) is 0 Å². The second-order valence-corrected chi connectivity index (χ2v) is 9.81. The molecule has 0 heterocycles. The number of benzene rings is 2. The molecule has 0 fully saturated rings. The van der Waals surface area contributed by atoms with E-state index >= 15 is 0 Å². The quantitative estimate of drug-likeness (QED) is 0.716. The van der Waals surface area contributed by atoms with Gasteiger partial charge in [0.25, 0.3) is 8.32 Å². The normalized spacial score (nSPS) is 13.0. The molecule has 23 heavy (non-hydrogen) atoms. The molecule has 0 radical (unpaired) electrons. The molecular formula is C20H28O2Si. The number of hydrogen-bond acceptors (Lipinski definition) is 2. The minimum atomic E-state index is -2.20. The lowest BCUT2D eigenvalue weighted by Gasteiger charge is -2.32. The zero-order valence-corrected chi connectivity index (χ0v) is 15.2. The van der Waals surface area contributed by atoms with Gasteiger partial charge in [0.15, 0.2) is 0 Å². The first-order valence-electron chi connectivity index (χ1n) is 8.62. The van der Waals surface area contributed by atoms with Crippen LogP contribution in [0.2, 0.25) is 6.04 Å². The van der Waals surface area contributed by atoms with Gasteiger partial charge >= 0.3 is 0 Å². The Morgan fingerprint density at radius 1 is 0.913 bits per heavy atom. The molecule has 1 N–H and O–H groups in total. The van der Waals surface area contributed by atoms with Crippen LogP contribution in [0.1, 0.15) is 26.7 Å². The Kier molecular flexibility index (Phi) is 7.03. The molecule has 0 aliphatic carbocycles. The first-order valence-corrected chi connectivity index (χ1v) is 10.7. The summed E-state index contributed by atoms with van der Waals surface area (Å²) in [5.41, 5.74) is 0. The van der Waals surface area contributed by atoms with Gasteiger partial charge in [-0.05, 0) is 28.8 Å². The molecule has 2 rings (SSSR count). The first-order chi connectivity index (χ1) is 11.3. The highest BCUT2D eigenvalue weighted by molar-refractivity contribution is 6.97. The van der Waals surface area contributed by atoms with E-state index in [2.05, 4.69) is 74.5 Å². The van der Waals surface area contributed by atoms with E-state index in [0.29, 0.717) is 12.5 Å². The van der Waals surface area contributed by atoms with Gasteiger partial charge in [-0.2, -0.15) is 0 Å². The zero-order valence-electron chi connectivity index (χ0n) is 14.2. The Morgan fingerprint density at radius 3 is 1.83 bits per heavy atom. The van der Waals surface area contributed by atoms with Crippen molar-refractivity contribution < 1.29 is 9.53 Å². The predicted octanol–water partition coefficient (Wildman–Crippen LogP) is 3.19. The van der Waals surface area contributed by atoms with Crippen LogP contribution in [-0.2, 0) is 4.43 Å². The third kappa shape index (κ3) is 4.31. The SMILES string of the molecule is CC[C@H](CO)CCO[Si](CC)(c1ccccc1)c1ccccc1. The van der Waals surface area contributed by atoms with Crippen molar-refractivity contribution >= 4 is 18.7 Å². The maximum Gasteiger partial charge on any atom is 0.255 e. The summed E-state index contributed by atoms with van der Waals surface area (Å²) >= 11 is 0. The third-order valence-electron chi connectivity index (χ3n) is 4.69. The van der Waals surface area contributed by atoms with Crippen LogP contribution in [0.15, 0.2) is 60.7 Å². The van der Waals surface area contributed by atoms with Gasteiger partial charge in [0.1, 0.15) is 0 Å². The van der Waals surface area contributed by atoms with Crippen LogP contribution in [0, 0.1) is 5.92 Å². The van der Waals surface area contributed by atoms with Gasteiger partial charge in [0.05, 0.1) is 0 Å². The van der Waals surface area contributed by atoms with Gasteiger partial charge in [0.2, 0.25) is 0 Å². The van der Waals surface area contributed by atoms with Crippen molar-refractivity contribution in [1.82, 2.24) is 0 Å². The average molecular weight is 329 g/mol. The van der Waals surface area contributed by atoms with Crippen LogP contribution in [0.3, 0.4) is 0 Å². The molecule has 2 aromatic carbocycles. The van der Waals surface area contributed by atoms with E-state index in [1.165, 1.54) is 10.4 Å². The molecule has 3 heteroatoms. The summed E-state index contributed by atoms with van der Waals surface area (Å²) in [6, 6.07) is 22.3. The van der Waals surface area contributed by atoms with Crippen LogP contribution < -0.4 is 10.4 Å². The summed E-state index contributed by atoms with van der Waals surface area (Å²) < 4.78 is 6.61. The van der Waals surface area contributed by atoms with Crippen LogP contribution >= 0.6 is 0 Å². The molecule has 2 aromatic rings. The number of aliphatic hydroxyl groups excluding tert-OH is 1. The highest BCUT2D eigenvalue weighted by Crippen LogP contribution is 2.16. The fraction of sp³-hybridized carbons (Fsp3) is 0.400. The van der Waals surface area contributed by atoms with Crippen LogP contribution in [-0.4, -0.2) is 26.6 Å². The molecule has 124 valence electrons. The van der Waals surface area contributed by atoms with Crippen LogP contribution in [0.5, 0.6) is 0 Å². The Hall–Kier alpha value is -1.42. The Balaban J connectivity index is 2.28. The molecule has 0 saturated heterocycles. The maximum absolute atomic E-state index is 9.40. The van der Waals surface area contributed by atoms with E-state index in [9.17, 15) is 5.11 Å². The fourth-order valence-corrected chi connectivity index (χ4v) is 6.70. The summed E-state index contributed by atoms with van der Waals surface area (Å²) in [5.74, 6) is 0.338. The van der Waals surface area contributed by atoms with E-state index < -0.39 is 8.32 Å².